The van der Waals surface area contributed by atoms with E-state index < -0.39 is 28.4 Å². The highest BCUT2D eigenvalue weighted by atomic mass is 35.5. The summed E-state index contributed by atoms with van der Waals surface area (Å²) in [6.07, 6.45) is 1.39. The van der Waals surface area contributed by atoms with Crippen molar-refractivity contribution in [3.63, 3.8) is 0 Å². The number of benzene rings is 2. The van der Waals surface area contributed by atoms with Gasteiger partial charge in [-0.2, -0.15) is 0 Å². The quantitative estimate of drug-likeness (QED) is 0.206. The second-order valence-electron chi connectivity index (χ2n) is 6.87. The number of rotatable bonds is 4. The van der Waals surface area contributed by atoms with Gasteiger partial charge in [0.15, 0.2) is 0 Å². The van der Waals surface area contributed by atoms with Gasteiger partial charge in [0, 0.05) is 28.4 Å². The third-order valence-electron chi connectivity index (χ3n) is 5.11. The maximum absolute atomic E-state index is 13.0. The standard InChI is InChI=1S/C22H15ClN2O6/c1-12-15(23)4-2-5-16(12)24-19(17-6-3-11-31-17)18(21(27)22(24)28)20(26)13-7-9-14(10-8-13)25(29)30/h2-11,19,26H,1H3/b20-18-. The summed E-state index contributed by atoms with van der Waals surface area (Å²) in [5.41, 5.74) is 0.780. The van der Waals surface area contributed by atoms with Gasteiger partial charge in [0.1, 0.15) is 17.6 Å². The van der Waals surface area contributed by atoms with Crippen LogP contribution < -0.4 is 4.90 Å². The number of non-ortho nitro benzene ring substituents is 1. The Morgan fingerprint density at radius 3 is 2.45 bits per heavy atom. The molecule has 1 aliphatic rings. The van der Waals surface area contributed by atoms with Crippen LogP contribution in [0.3, 0.4) is 0 Å². The Labute approximate surface area is 181 Å². The fourth-order valence-corrected chi connectivity index (χ4v) is 3.72. The second kappa shape index (κ2) is 7.73. The first-order valence-electron chi connectivity index (χ1n) is 9.15. The van der Waals surface area contributed by atoms with E-state index in [0.29, 0.717) is 16.3 Å². The van der Waals surface area contributed by atoms with Gasteiger partial charge in [-0.3, -0.25) is 24.6 Å². The number of halogens is 1. The smallest absolute Gasteiger partial charge is 0.300 e. The van der Waals surface area contributed by atoms with Crippen LogP contribution in [0, 0.1) is 17.0 Å². The predicted molar refractivity (Wildman–Crippen MR) is 113 cm³/mol. The Bertz CT molecular complexity index is 1230. The maximum atomic E-state index is 13.0. The number of Topliss-reactive ketones (excluding diaryl/α,β-unsaturated/α-hetero) is 1. The van der Waals surface area contributed by atoms with Gasteiger partial charge in [-0.1, -0.05) is 17.7 Å². The topological polar surface area (TPSA) is 114 Å². The summed E-state index contributed by atoms with van der Waals surface area (Å²) in [7, 11) is 0. The van der Waals surface area contributed by atoms with Crippen LogP contribution in [0.5, 0.6) is 0 Å². The van der Waals surface area contributed by atoms with Crippen molar-refractivity contribution in [3.8, 4) is 0 Å². The Kier molecular flexibility index (Phi) is 5.08. The summed E-state index contributed by atoms with van der Waals surface area (Å²) in [6, 6.07) is 12.1. The van der Waals surface area contributed by atoms with Crippen molar-refractivity contribution < 1.29 is 24.0 Å². The molecule has 0 bridgehead atoms. The van der Waals surface area contributed by atoms with Crippen molar-refractivity contribution in [3.05, 3.63) is 98.5 Å². The number of anilines is 1. The number of nitrogens with zero attached hydrogens (tertiary/aromatic N) is 2. The average molecular weight is 439 g/mol. The molecule has 1 atom stereocenters. The SMILES string of the molecule is Cc1c(Cl)cccc1N1C(=O)C(=O)/C(=C(\O)c2ccc([N+](=O)[O-])cc2)C1c1ccco1. The Morgan fingerprint density at radius 2 is 1.84 bits per heavy atom. The van der Waals surface area contributed by atoms with Crippen LogP contribution in [0.2, 0.25) is 5.02 Å². The highest BCUT2D eigenvalue weighted by Gasteiger charge is 2.48. The zero-order valence-corrected chi connectivity index (χ0v) is 16.9. The van der Waals surface area contributed by atoms with Crippen LogP contribution in [0.15, 0.2) is 70.9 Å². The zero-order chi connectivity index (χ0) is 22.3. The van der Waals surface area contributed by atoms with Gasteiger partial charge in [0.25, 0.3) is 17.4 Å². The van der Waals surface area contributed by atoms with Crippen molar-refractivity contribution in [2.75, 3.05) is 4.90 Å². The molecule has 1 saturated heterocycles. The number of nitro benzene ring substituents is 1. The molecule has 8 nitrogen and oxygen atoms in total. The second-order valence-corrected chi connectivity index (χ2v) is 7.28. The summed E-state index contributed by atoms with van der Waals surface area (Å²) in [4.78, 5) is 37.6. The van der Waals surface area contributed by atoms with Crippen molar-refractivity contribution >= 4 is 40.4 Å². The van der Waals surface area contributed by atoms with Crippen LogP contribution in [0.1, 0.15) is 22.9 Å². The Hall–Kier alpha value is -3.91. The van der Waals surface area contributed by atoms with Crippen LogP contribution in [0.25, 0.3) is 5.76 Å². The fourth-order valence-electron chi connectivity index (χ4n) is 3.55. The Balaban J connectivity index is 1.92. The first-order valence-corrected chi connectivity index (χ1v) is 9.53. The third kappa shape index (κ3) is 3.36. The van der Waals surface area contributed by atoms with Gasteiger partial charge in [-0.15, -0.1) is 0 Å². The maximum Gasteiger partial charge on any atom is 0.300 e. The summed E-state index contributed by atoms with van der Waals surface area (Å²) in [6.45, 7) is 1.71. The molecule has 2 aromatic carbocycles. The number of amides is 1. The van der Waals surface area contributed by atoms with Crippen LogP contribution in [-0.2, 0) is 9.59 Å². The number of ketones is 1. The van der Waals surface area contributed by atoms with E-state index in [1.54, 1.807) is 37.3 Å². The van der Waals surface area contributed by atoms with E-state index >= 15 is 0 Å². The minimum Gasteiger partial charge on any atom is -0.507 e. The summed E-state index contributed by atoms with van der Waals surface area (Å²) in [5.74, 6) is -1.95. The molecular weight excluding hydrogens is 424 g/mol. The molecule has 2 heterocycles. The summed E-state index contributed by atoms with van der Waals surface area (Å²) >= 11 is 6.22. The third-order valence-corrected chi connectivity index (χ3v) is 5.52. The molecule has 3 aromatic rings. The number of nitro groups is 1. The van der Waals surface area contributed by atoms with E-state index in [1.807, 2.05) is 0 Å². The molecule has 1 aliphatic heterocycles. The van der Waals surface area contributed by atoms with Gasteiger partial charge in [0.05, 0.1) is 16.8 Å². The highest BCUT2D eigenvalue weighted by Crippen LogP contribution is 2.44. The minimum absolute atomic E-state index is 0.156. The highest BCUT2D eigenvalue weighted by molar-refractivity contribution is 6.52. The van der Waals surface area contributed by atoms with E-state index in [0.717, 1.165) is 0 Å². The molecule has 1 amide bonds. The monoisotopic (exact) mass is 438 g/mol. The van der Waals surface area contributed by atoms with E-state index in [9.17, 15) is 24.8 Å². The first-order chi connectivity index (χ1) is 14.8. The van der Waals surface area contributed by atoms with E-state index in [1.165, 1.54) is 35.4 Å². The number of carbonyl (C=O) groups excluding carboxylic acids is 2. The number of hydrogen-bond acceptors (Lipinski definition) is 6. The van der Waals surface area contributed by atoms with Gasteiger partial charge >= 0.3 is 0 Å². The lowest BCUT2D eigenvalue weighted by atomic mass is 9.99. The molecule has 1 unspecified atom stereocenters. The molecule has 1 aromatic heterocycles. The molecule has 0 saturated carbocycles. The molecular formula is C22H15ClN2O6. The molecule has 156 valence electrons. The molecule has 1 N–H and O–H groups in total. The average Bonchev–Trinajstić information content (AvgIpc) is 3.37. The zero-order valence-electron chi connectivity index (χ0n) is 16.1. The van der Waals surface area contributed by atoms with E-state index in [4.69, 9.17) is 16.0 Å². The number of hydrogen-bond donors (Lipinski definition) is 1. The lowest BCUT2D eigenvalue weighted by Gasteiger charge is -2.25. The van der Waals surface area contributed by atoms with Gasteiger partial charge in [-0.05, 0) is 48.9 Å². The first kappa shape index (κ1) is 20.4. The van der Waals surface area contributed by atoms with E-state index in [-0.39, 0.29) is 22.6 Å². The summed E-state index contributed by atoms with van der Waals surface area (Å²) < 4.78 is 5.49. The fraction of sp³-hybridized carbons (Fsp3) is 0.0909. The molecule has 0 aliphatic carbocycles. The lowest BCUT2D eigenvalue weighted by molar-refractivity contribution is -0.384. The number of aliphatic hydroxyl groups is 1. The van der Waals surface area contributed by atoms with Crippen LogP contribution in [0.4, 0.5) is 11.4 Å². The minimum atomic E-state index is -1.04. The van der Waals surface area contributed by atoms with Gasteiger partial charge in [-0.25, -0.2) is 0 Å². The van der Waals surface area contributed by atoms with Crippen molar-refractivity contribution in [1.29, 1.82) is 0 Å². The molecule has 9 heteroatoms. The predicted octanol–water partition coefficient (Wildman–Crippen LogP) is 4.78. The number of carbonyl (C=O) groups is 2. The molecule has 31 heavy (non-hydrogen) atoms. The van der Waals surface area contributed by atoms with Gasteiger partial charge < -0.3 is 9.52 Å². The largest absolute Gasteiger partial charge is 0.507 e. The van der Waals surface area contributed by atoms with Crippen molar-refractivity contribution in [1.82, 2.24) is 0 Å². The van der Waals surface area contributed by atoms with Crippen molar-refractivity contribution in [2.45, 2.75) is 13.0 Å². The van der Waals surface area contributed by atoms with Crippen molar-refractivity contribution in [2.24, 2.45) is 0 Å². The number of furan rings is 1. The lowest BCUT2D eigenvalue weighted by Crippen LogP contribution is -2.30. The molecule has 1 fully saturated rings. The molecule has 0 radical (unpaired) electrons. The normalized spacial score (nSPS) is 17.9. The van der Waals surface area contributed by atoms with Crippen LogP contribution >= 0.6 is 11.6 Å². The van der Waals surface area contributed by atoms with Gasteiger partial charge in [0.2, 0.25) is 0 Å². The van der Waals surface area contributed by atoms with E-state index in [2.05, 4.69) is 0 Å². The number of aliphatic hydroxyl groups excluding tert-OH is 1. The summed E-state index contributed by atoms with van der Waals surface area (Å²) in [5, 5.41) is 22.3. The Morgan fingerprint density at radius 1 is 1.13 bits per heavy atom. The van der Waals surface area contributed by atoms with Crippen LogP contribution in [-0.4, -0.2) is 21.7 Å². The molecule has 4 rings (SSSR count). The molecule has 0 spiro atoms.